The minimum absolute atomic E-state index is 0.198. The molecule has 0 N–H and O–H groups in total. The van der Waals surface area contributed by atoms with Gasteiger partial charge in [0.1, 0.15) is 0 Å². The summed E-state index contributed by atoms with van der Waals surface area (Å²) in [4.78, 5) is 0. The van der Waals surface area contributed by atoms with Crippen LogP contribution >= 0.6 is 0 Å². The molecule has 0 heterocycles. The van der Waals surface area contributed by atoms with Crippen molar-refractivity contribution < 1.29 is 0 Å². The van der Waals surface area contributed by atoms with Gasteiger partial charge in [-0.2, -0.15) is 0 Å². The Morgan fingerprint density at radius 2 is 0.711 bits per heavy atom. The van der Waals surface area contributed by atoms with Gasteiger partial charge in [0.25, 0.3) is 0 Å². The highest BCUT2D eigenvalue weighted by Crippen LogP contribution is 2.58. The first-order valence-corrected chi connectivity index (χ1v) is 27.0. The van der Waals surface area contributed by atoms with Gasteiger partial charge in [-0.25, -0.2) is 0 Å². The standard InChI is InChI=1S/C76H54/c1-75(2)67-44-54(49-23-9-4-10-24-49)38-40-55(67)61-45-63-64(46-68(61)75)70(51-27-13-6-14-28-51)58-39-37-48(43-62(58)71(63)52-29-15-7-16-30-52)47-76(3)65-36-22-21-35-59(65)73-66(76)42-41-60-69(50-25-11-5-12-26-50)56-33-19-20-34-57(56)72(74(60)73)53-31-17-8-18-32-53/h4-46H,47H2,1-3H3. The lowest BCUT2D eigenvalue weighted by atomic mass is 9.74. The highest BCUT2D eigenvalue weighted by Gasteiger charge is 2.42. The van der Waals surface area contributed by atoms with E-state index in [1.54, 1.807) is 0 Å². The lowest BCUT2D eigenvalue weighted by molar-refractivity contribution is 0.583. The van der Waals surface area contributed by atoms with Gasteiger partial charge < -0.3 is 0 Å². The zero-order valence-corrected chi connectivity index (χ0v) is 43.0. The highest BCUT2D eigenvalue weighted by molar-refractivity contribution is 6.26. The lowest BCUT2D eigenvalue weighted by Crippen LogP contribution is -2.24. The molecule has 0 saturated heterocycles. The second-order valence-electron chi connectivity index (χ2n) is 22.0. The molecule has 0 heteroatoms. The third-order valence-electron chi connectivity index (χ3n) is 17.5. The van der Waals surface area contributed by atoms with Crippen LogP contribution in [0.25, 0.3) is 121 Å². The Labute approximate surface area is 445 Å². The fourth-order valence-corrected chi connectivity index (χ4v) is 14.0. The van der Waals surface area contributed by atoms with Gasteiger partial charge in [-0.15, -0.1) is 0 Å². The summed E-state index contributed by atoms with van der Waals surface area (Å²) in [5.41, 5.74) is 24.3. The molecule has 0 nitrogen and oxygen atoms in total. The summed E-state index contributed by atoms with van der Waals surface area (Å²) in [6.07, 6.45) is 0.834. The summed E-state index contributed by atoms with van der Waals surface area (Å²) in [5.74, 6) is 0. The molecule has 13 aromatic carbocycles. The van der Waals surface area contributed by atoms with Crippen molar-refractivity contribution in [1.29, 1.82) is 0 Å². The summed E-state index contributed by atoms with van der Waals surface area (Å²) in [5, 5.41) is 10.3. The second kappa shape index (κ2) is 17.0. The van der Waals surface area contributed by atoms with Crippen molar-refractivity contribution in [2.75, 3.05) is 0 Å². The van der Waals surface area contributed by atoms with Crippen molar-refractivity contribution in [1.82, 2.24) is 0 Å². The van der Waals surface area contributed by atoms with Gasteiger partial charge in [0.05, 0.1) is 0 Å². The molecule has 0 saturated carbocycles. The molecular weight excluding hydrogens is 913 g/mol. The molecule has 1 unspecified atom stereocenters. The SMILES string of the molecule is CC1(C)c2cc(-c3ccccc3)ccc2-c2cc3c(-c4ccccc4)c4cc(CC5(C)c6ccccc6-c6c5ccc5c(-c7ccccc7)c7ccccc7c(-c7ccccc7)c65)ccc4c(-c4ccccc4)c3cc21. The molecular formula is C76H54. The van der Waals surface area contributed by atoms with Crippen molar-refractivity contribution in [3.05, 3.63) is 289 Å². The van der Waals surface area contributed by atoms with E-state index in [2.05, 4.69) is 282 Å². The molecule has 0 fully saturated rings. The van der Waals surface area contributed by atoms with E-state index in [1.165, 1.54) is 149 Å². The normalized spacial score (nSPS) is 15.0. The van der Waals surface area contributed by atoms with Crippen LogP contribution in [0.3, 0.4) is 0 Å². The Bertz CT molecular complexity index is 4470. The van der Waals surface area contributed by atoms with Crippen LogP contribution < -0.4 is 0 Å². The van der Waals surface area contributed by atoms with E-state index in [4.69, 9.17) is 0 Å². The minimum atomic E-state index is -0.332. The van der Waals surface area contributed by atoms with Gasteiger partial charge >= 0.3 is 0 Å². The smallest absolute Gasteiger partial charge is 0.0227 e. The zero-order chi connectivity index (χ0) is 50.7. The number of hydrogen-bond acceptors (Lipinski definition) is 0. The summed E-state index contributed by atoms with van der Waals surface area (Å²) in [6.45, 7) is 7.34. The zero-order valence-electron chi connectivity index (χ0n) is 43.0. The topological polar surface area (TPSA) is 0 Å². The second-order valence-corrected chi connectivity index (χ2v) is 22.0. The van der Waals surface area contributed by atoms with Gasteiger partial charge in [0.2, 0.25) is 0 Å². The average Bonchev–Trinajstić information content (AvgIpc) is 3.97. The van der Waals surface area contributed by atoms with E-state index in [9.17, 15) is 0 Å². The van der Waals surface area contributed by atoms with Crippen LogP contribution in [0.4, 0.5) is 0 Å². The number of hydrogen-bond donors (Lipinski definition) is 0. The van der Waals surface area contributed by atoms with Crippen LogP contribution in [0.2, 0.25) is 0 Å². The van der Waals surface area contributed by atoms with Crippen LogP contribution in [-0.4, -0.2) is 0 Å². The molecule has 0 aromatic heterocycles. The predicted octanol–water partition coefficient (Wildman–Crippen LogP) is 20.5. The van der Waals surface area contributed by atoms with Gasteiger partial charge in [-0.1, -0.05) is 263 Å². The molecule has 76 heavy (non-hydrogen) atoms. The Morgan fingerprint density at radius 3 is 1.34 bits per heavy atom. The molecule has 0 aliphatic heterocycles. The van der Waals surface area contributed by atoms with Crippen LogP contribution in [-0.2, 0) is 17.3 Å². The Morgan fingerprint density at radius 1 is 0.250 bits per heavy atom. The first-order chi connectivity index (χ1) is 37.3. The Balaban J connectivity index is 0.983. The van der Waals surface area contributed by atoms with E-state index < -0.39 is 0 Å². The van der Waals surface area contributed by atoms with Crippen molar-refractivity contribution in [2.45, 2.75) is 38.0 Å². The van der Waals surface area contributed by atoms with E-state index in [0.717, 1.165) is 6.42 Å². The van der Waals surface area contributed by atoms with E-state index in [1.807, 2.05) is 0 Å². The van der Waals surface area contributed by atoms with E-state index in [0.29, 0.717) is 0 Å². The van der Waals surface area contributed by atoms with Crippen LogP contribution in [0.1, 0.15) is 48.6 Å². The monoisotopic (exact) mass is 966 g/mol. The molecule has 0 spiro atoms. The first kappa shape index (κ1) is 44.4. The van der Waals surface area contributed by atoms with Crippen molar-refractivity contribution in [3.63, 3.8) is 0 Å². The largest absolute Gasteiger partial charge is 0.0622 e. The summed E-state index contributed by atoms with van der Waals surface area (Å²) in [6, 6.07) is 98.2. The van der Waals surface area contributed by atoms with Crippen LogP contribution in [0, 0.1) is 0 Å². The Kier molecular flexibility index (Phi) is 9.91. The molecule has 358 valence electrons. The fraction of sp³-hybridized carbons (Fsp3) is 0.0789. The van der Waals surface area contributed by atoms with Crippen molar-refractivity contribution >= 4 is 43.1 Å². The molecule has 13 aromatic rings. The molecule has 0 amide bonds. The third kappa shape index (κ3) is 6.57. The fourth-order valence-electron chi connectivity index (χ4n) is 14.0. The Hall–Kier alpha value is -9.10. The van der Waals surface area contributed by atoms with Crippen LogP contribution in [0.15, 0.2) is 261 Å². The molecule has 1 atom stereocenters. The van der Waals surface area contributed by atoms with Crippen LogP contribution in [0.5, 0.6) is 0 Å². The summed E-state index contributed by atoms with van der Waals surface area (Å²) >= 11 is 0. The molecule has 2 aliphatic carbocycles. The number of benzene rings is 13. The quantitative estimate of drug-likeness (QED) is 0.140. The third-order valence-corrected chi connectivity index (χ3v) is 17.5. The lowest BCUT2D eigenvalue weighted by Gasteiger charge is -2.29. The number of rotatable bonds is 7. The van der Waals surface area contributed by atoms with E-state index >= 15 is 0 Å². The molecule has 0 radical (unpaired) electrons. The first-order valence-electron chi connectivity index (χ1n) is 27.0. The maximum absolute atomic E-state index is 2.56. The molecule has 0 bridgehead atoms. The van der Waals surface area contributed by atoms with Crippen molar-refractivity contribution in [2.24, 2.45) is 0 Å². The van der Waals surface area contributed by atoms with E-state index in [-0.39, 0.29) is 10.8 Å². The van der Waals surface area contributed by atoms with Gasteiger partial charge in [-0.3, -0.25) is 0 Å². The maximum atomic E-state index is 2.56. The molecule has 2 aliphatic rings. The van der Waals surface area contributed by atoms with Gasteiger partial charge in [0.15, 0.2) is 0 Å². The van der Waals surface area contributed by atoms with Gasteiger partial charge in [0, 0.05) is 10.8 Å². The van der Waals surface area contributed by atoms with Crippen molar-refractivity contribution in [3.8, 4) is 77.9 Å². The molecule has 15 rings (SSSR count). The summed E-state index contributed by atoms with van der Waals surface area (Å²) in [7, 11) is 0. The van der Waals surface area contributed by atoms with Gasteiger partial charge in [-0.05, 0) is 173 Å². The predicted molar refractivity (Wildman–Crippen MR) is 323 cm³/mol. The minimum Gasteiger partial charge on any atom is -0.0622 e. The summed E-state index contributed by atoms with van der Waals surface area (Å²) < 4.78 is 0. The highest BCUT2D eigenvalue weighted by atomic mass is 14.4. The maximum Gasteiger partial charge on any atom is 0.0227 e. The average molecular weight is 967 g/mol. The number of fused-ring (bicyclic) bond motifs is 11.